The molecule has 0 saturated carbocycles. The summed E-state index contributed by atoms with van der Waals surface area (Å²) in [5.74, 6) is -0.730. The van der Waals surface area contributed by atoms with Gasteiger partial charge in [0.1, 0.15) is 18.2 Å². The van der Waals surface area contributed by atoms with Crippen LogP contribution in [0.15, 0.2) is 48.5 Å². The van der Waals surface area contributed by atoms with E-state index in [-0.39, 0.29) is 24.9 Å². The second-order valence-electron chi connectivity index (χ2n) is 13.4. The number of esters is 1. The lowest BCUT2D eigenvalue weighted by Crippen LogP contribution is -2.44. The maximum Gasteiger partial charge on any atom is 0.407 e. The van der Waals surface area contributed by atoms with Crippen LogP contribution in [0, 0.1) is 0 Å². The first-order chi connectivity index (χ1) is 24.0. The van der Waals surface area contributed by atoms with Crippen molar-refractivity contribution in [3.63, 3.8) is 0 Å². The zero-order chi connectivity index (χ0) is 36.2. The number of likely N-dealkylation sites (N-methyl/N-ethyl adjacent to an activating group) is 1. The van der Waals surface area contributed by atoms with E-state index in [9.17, 15) is 14.4 Å². The number of amides is 2. The van der Waals surface area contributed by atoms with Crippen molar-refractivity contribution in [1.82, 2.24) is 15.5 Å². The zero-order valence-corrected chi connectivity index (χ0v) is 30.5. The average Bonchev–Trinajstić information content (AvgIpc) is 3.39. The van der Waals surface area contributed by atoms with Gasteiger partial charge in [0.05, 0.1) is 52.9 Å². The molecule has 278 valence electrons. The van der Waals surface area contributed by atoms with Crippen LogP contribution in [0.3, 0.4) is 0 Å². The minimum Gasteiger partial charge on any atom is -0.458 e. The van der Waals surface area contributed by atoms with Gasteiger partial charge in [0.25, 0.3) is 0 Å². The summed E-state index contributed by atoms with van der Waals surface area (Å²) in [5, 5.41) is 5.59. The Morgan fingerprint density at radius 3 is 1.86 bits per heavy atom. The first kappa shape index (κ1) is 40.9. The number of benzene rings is 2. The minimum atomic E-state index is -0.880. The van der Waals surface area contributed by atoms with E-state index >= 15 is 0 Å². The molecule has 1 aliphatic carbocycles. The Morgan fingerprint density at radius 1 is 0.760 bits per heavy atom. The SMILES string of the molecule is CN(C)CCOCCOCCOCCOCCC(=O)NCCCC[C@H](NC(=O)OCC1c2ccccc2-c2ccccc21)C(=O)OC(C)(C)C. The quantitative estimate of drug-likeness (QED) is 0.119. The third-order valence-corrected chi connectivity index (χ3v) is 7.84. The van der Waals surface area contributed by atoms with Crippen LogP contribution >= 0.6 is 0 Å². The molecule has 12 heteroatoms. The van der Waals surface area contributed by atoms with Crippen LogP contribution in [-0.2, 0) is 38.0 Å². The molecule has 50 heavy (non-hydrogen) atoms. The van der Waals surface area contributed by atoms with Crippen LogP contribution in [0.4, 0.5) is 4.79 Å². The molecule has 0 spiro atoms. The van der Waals surface area contributed by atoms with Crippen LogP contribution in [0.1, 0.15) is 63.5 Å². The van der Waals surface area contributed by atoms with Crippen LogP contribution in [0.2, 0.25) is 0 Å². The molecule has 12 nitrogen and oxygen atoms in total. The van der Waals surface area contributed by atoms with Crippen LogP contribution in [0.5, 0.6) is 0 Å². The Labute approximate surface area is 297 Å². The normalized spacial score (nSPS) is 13.1. The fourth-order valence-electron chi connectivity index (χ4n) is 5.37. The summed E-state index contributed by atoms with van der Waals surface area (Å²) in [6.07, 6.45) is 1.10. The first-order valence-electron chi connectivity index (χ1n) is 17.6. The number of rotatable bonds is 24. The predicted molar refractivity (Wildman–Crippen MR) is 191 cm³/mol. The van der Waals surface area contributed by atoms with Crippen molar-refractivity contribution in [2.75, 3.05) is 86.6 Å². The van der Waals surface area contributed by atoms with Crippen LogP contribution in [-0.4, -0.2) is 121 Å². The Bertz CT molecular complexity index is 1270. The van der Waals surface area contributed by atoms with Crippen molar-refractivity contribution in [2.45, 2.75) is 64.0 Å². The number of ether oxygens (including phenoxy) is 6. The van der Waals surface area contributed by atoms with E-state index in [1.54, 1.807) is 20.8 Å². The Kier molecular flexibility index (Phi) is 18.2. The van der Waals surface area contributed by atoms with Gasteiger partial charge in [-0.15, -0.1) is 0 Å². The van der Waals surface area contributed by atoms with Gasteiger partial charge in [-0.2, -0.15) is 0 Å². The van der Waals surface area contributed by atoms with Crippen molar-refractivity contribution >= 4 is 18.0 Å². The summed E-state index contributed by atoms with van der Waals surface area (Å²) in [6, 6.07) is 15.3. The average molecular weight is 700 g/mol. The van der Waals surface area contributed by atoms with Crippen LogP contribution < -0.4 is 10.6 Å². The standard InChI is InChI=1S/C38H57N3O9/c1-38(2,3)50-36(43)34(40-37(44)49-28-33-31-14-8-6-12-29(31)30-13-7-9-15-32(30)33)16-10-11-18-39-35(42)17-20-45-22-24-47-26-27-48-25-23-46-21-19-41(4)5/h6-9,12-15,33-34H,10-11,16-28H2,1-5H3,(H,39,42)(H,40,44)/t34-/m0/s1. The molecule has 0 unspecified atom stereocenters. The fraction of sp³-hybridized carbons (Fsp3) is 0.605. The third kappa shape index (κ3) is 15.6. The number of hydrogen-bond acceptors (Lipinski definition) is 10. The number of alkyl carbamates (subject to hydrolysis) is 1. The van der Waals surface area contributed by atoms with Crippen molar-refractivity contribution < 1.29 is 42.8 Å². The summed E-state index contributed by atoms with van der Waals surface area (Å²) in [4.78, 5) is 40.2. The van der Waals surface area contributed by atoms with E-state index in [0.29, 0.717) is 78.7 Å². The number of carbonyl (C=O) groups is 3. The van der Waals surface area contributed by atoms with E-state index < -0.39 is 23.7 Å². The molecule has 0 bridgehead atoms. The van der Waals surface area contributed by atoms with Gasteiger partial charge in [0, 0.05) is 25.4 Å². The van der Waals surface area contributed by atoms with Gasteiger partial charge in [0.2, 0.25) is 5.91 Å². The Morgan fingerprint density at radius 2 is 1.30 bits per heavy atom. The number of nitrogens with zero attached hydrogens (tertiary/aromatic N) is 1. The molecule has 3 rings (SSSR count). The summed E-state index contributed by atoms with van der Waals surface area (Å²) in [6.45, 7) is 10.7. The summed E-state index contributed by atoms with van der Waals surface area (Å²) in [5.41, 5.74) is 3.78. The molecule has 2 amide bonds. The monoisotopic (exact) mass is 699 g/mol. The molecule has 0 radical (unpaired) electrons. The van der Waals surface area contributed by atoms with Gasteiger partial charge in [-0.05, 0) is 76.4 Å². The van der Waals surface area contributed by atoms with Gasteiger partial charge < -0.3 is 44.0 Å². The lowest BCUT2D eigenvalue weighted by Gasteiger charge is -2.24. The maximum atomic E-state index is 13.0. The van der Waals surface area contributed by atoms with Crippen molar-refractivity contribution in [3.8, 4) is 11.1 Å². The molecule has 0 aliphatic heterocycles. The van der Waals surface area contributed by atoms with E-state index in [0.717, 1.165) is 28.8 Å². The highest BCUT2D eigenvalue weighted by Crippen LogP contribution is 2.44. The molecule has 2 aromatic carbocycles. The second kappa shape index (κ2) is 22.3. The molecule has 0 saturated heterocycles. The lowest BCUT2D eigenvalue weighted by atomic mass is 9.98. The largest absolute Gasteiger partial charge is 0.458 e. The Hall–Kier alpha value is -3.55. The first-order valence-corrected chi connectivity index (χ1v) is 17.6. The van der Waals surface area contributed by atoms with Gasteiger partial charge >= 0.3 is 12.1 Å². The predicted octanol–water partition coefficient (Wildman–Crippen LogP) is 4.54. The summed E-state index contributed by atoms with van der Waals surface area (Å²) in [7, 11) is 4.01. The lowest BCUT2D eigenvalue weighted by molar-refractivity contribution is -0.157. The molecular formula is C38H57N3O9. The molecule has 2 N–H and O–H groups in total. The van der Waals surface area contributed by atoms with Gasteiger partial charge in [-0.25, -0.2) is 9.59 Å². The second-order valence-corrected chi connectivity index (χ2v) is 13.4. The molecule has 0 heterocycles. The number of hydrogen-bond donors (Lipinski definition) is 2. The summed E-state index contributed by atoms with van der Waals surface area (Å²) < 4.78 is 33.1. The molecule has 2 aromatic rings. The topological polar surface area (TPSA) is 134 Å². The number of fused-ring (bicyclic) bond motifs is 3. The maximum absolute atomic E-state index is 13.0. The highest BCUT2D eigenvalue weighted by atomic mass is 16.6. The molecule has 1 atom stereocenters. The zero-order valence-electron chi connectivity index (χ0n) is 30.5. The van der Waals surface area contributed by atoms with E-state index in [2.05, 4.69) is 39.8 Å². The fourth-order valence-corrected chi connectivity index (χ4v) is 5.37. The highest BCUT2D eigenvalue weighted by Gasteiger charge is 2.31. The van der Waals surface area contributed by atoms with E-state index in [1.807, 2.05) is 38.4 Å². The summed E-state index contributed by atoms with van der Waals surface area (Å²) >= 11 is 0. The highest BCUT2D eigenvalue weighted by molar-refractivity contribution is 5.82. The minimum absolute atomic E-state index is 0.0882. The number of unbranched alkanes of at least 4 members (excludes halogenated alkanes) is 1. The van der Waals surface area contributed by atoms with E-state index in [4.69, 9.17) is 28.4 Å². The van der Waals surface area contributed by atoms with Gasteiger partial charge in [-0.1, -0.05) is 48.5 Å². The van der Waals surface area contributed by atoms with Gasteiger partial charge in [-0.3, -0.25) is 4.79 Å². The van der Waals surface area contributed by atoms with Gasteiger partial charge in [0.15, 0.2) is 0 Å². The van der Waals surface area contributed by atoms with Crippen molar-refractivity contribution in [1.29, 1.82) is 0 Å². The molecule has 0 fully saturated rings. The third-order valence-electron chi connectivity index (χ3n) is 7.84. The molecular weight excluding hydrogens is 642 g/mol. The van der Waals surface area contributed by atoms with Crippen molar-refractivity contribution in [2.24, 2.45) is 0 Å². The molecule has 0 aromatic heterocycles. The van der Waals surface area contributed by atoms with E-state index in [1.165, 1.54) is 0 Å². The number of nitrogens with one attached hydrogen (secondary N) is 2. The molecule has 1 aliphatic rings. The Balaban J connectivity index is 1.27. The van der Waals surface area contributed by atoms with Crippen LogP contribution in [0.25, 0.3) is 11.1 Å². The smallest absolute Gasteiger partial charge is 0.407 e. The number of carbonyl (C=O) groups excluding carboxylic acids is 3. The van der Waals surface area contributed by atoms with Crippen molar-refractivity contribution in [3.05, 3.63) is 59.7 Å².